The zero-order valence-electron chi connectivity index (χ0n) is 23.3. The van der Waals surface area contributed by atoms with Crippen LogP contribution in [0.3, 0.4) is 0 Å². The number of likely N-dealkylation sites (tertiary alicyclic amines) is 1. The van der Waals surface area contributed by atoms with Crippen LogP contribution in [0.15, 0.2) is 65.7 Å². The molecule has 1 fully saturated rings. The van der Waals surface area contributed by atoms with E-state index in [-0.39, 0.29) is 29.2 Å². The van der Waals surface area contributed by atoms with Crippen molar-refractivity contribution in [3.63, 3.8) is 0 Å². The quantitative estimate of drug-likeness (QED) is 0.319. The molecule has 41 heavy (non-hydrogen) atoms. The molecule has 3 aromatic heterocycles. The first-order valence-electron chi connectivity index (χ1n) is 13.9. The molecular formula is C31H32FN7O2. The van der Waals surface area contributed by atoms with E-state index in [1.807, 2.05) is 66.0 Å². The summed E-state index contributed by atoms with van der Waals surface area (Å²) in [5.41, 5.74) is 4.65. The van der Waals surface area contributed by atoms with Crippen LogP contribution in [-0.4, -0.2) is 53.2 Å². The third-order valence-corrected chi connectivity index (χ3v) is 7.91. The summed E-state index contributed by atoms with van der Waals surface area (Å²) in [7, 11) is 0. The second kappa shape index (κ2) is 10.8. The number of benzene rings is 2. The predicted molar refractivity (Wildman–Crippen MR) is 155 cm³/mol. The van der Waals surface area contributed by atoms with Crippen molar-refractivity contribution in [3.05, 3.63) is 94.0 Å². The topological polar surface area (TPSA) is 102 Å². The van der Waals surface area contributed by atoms with Crippen LogP contribution in [0.2, 0.25) is 0 Å². The lowest BCUT2D eigenvalue weighted by atomic mass is 9.94. The molecule has 2 aromatic carbocycles. The molecule has 0 spiro atoms. The molecule has 0 unspecified atom stereocenters. The molecule has 0 aliphatic carbocycles. The van der Waals surface area contributed by atoms with Gasteiger partial charge in [0.05, 0.1) is 29.7 Å². The average Bonchev–Trinajstić information content (AvgIpc) is 3.58. The van der Waals surface area contributed by atoms with E-state index in [2.05, 4.69) is 15.0 Å². The lowest BCUT2D eigenvalue weighted by Crippen LogP contribution is -2.36. The van der Waals surface area contributed by atoms with Gasteiger partial charge in [-0.2, -0.15) is 5.10 Å². The Morgan fingerprint density at radius 3 is 2.56 bits per heavy atom. The van der Waals surface area contributed by atoms with Crippen molar-refractivity contribution in [2.45, 2.75) is 52.0 Å². The van der Waals surface area contributed by atoms with Gasteiger partial charge in [0.25, 0.3) is 0 Å². The number of imidazole rings is 1. The summed E-state index contributed by atoms with van der Waals surface area (Å²) in [5, 5.41) is 4.80. The normalized spacial score (nSPS) is 14.3. The molecule has 210 valence electrons. The molecule has 1 saturated heterocycles. The van der Waals surface area contributed by atoms with Gasteiger partial charge in [-0.15, -0.1) is 0 Å². The standard InChI is InChI=1S/C31H32FN7O2/c1-19(2)24-5-4-6-25(32)28(24)29-33-17-27-30(35-29)38(31(41)34-27)18-21-7-9-23(10-8-21)39-16-13-26(36-39)22-11-14-37(15-12-22)20(3)40/h4-10,13,16-17,19,22H,11-12,14-15,18H2,1-3H3,(H,34,41). The largest absolute Gasteiger partial charge is 0.343 e. The number of fused-ring (bicyclic) bond motifs is 1. The third kappa shape index (κ3) is 5.17. The van der Waals surface area contributed by atoms with E-state index in [0.29, 0.717) is 29.2 Å². The number of rotatable bonds is 6. The van der Waals surface area contributed by atoms with Gasteiger partial charge in [0.15, 0.2) is 11.5 Å². The number of hydrogen-bond acceptors (Lipinski definition) is 5. The fourth-order valence-electron chi connectivity index (χ4n) is 5.60. The number of H-pyrrole nitrogens is 1. The van der Waals surface area contributed by atoms with Crippen molar-refractivity contribution in [2.75, 3.05) is 13.1 Å². The Bertz CT molecular complexity index is 1780. The molecule has 0 radical (unpaired) electrons. The van der Waals surface area contributed by atoms with Gasteiger partial charge in [-0.3, -0.25) is 9.36 Å². The monoisotopic (exact) mass is 553 g/mol. The summed E-state index contributed by atoms with van der Waals surface area (Å²) in [4.78, 5) is 38.2. The smallest absolute Gasteiger partial charge is 0.328 e. The van der Waals surface area contributed by atoms with Crippen molar-refractivity contribution in [3.8, 4) is 17.1 Å². The van der Waals surface area contributed by atoms with Crippen LogP contribution in [-0.2, 0) is 11.3 Å². The molecule has 0 atom stereocenters. The summed E-state index contributed by atoms with van der Waals surface area (Å²) < 4.78 is 18.3. The number of hydrogen-bond donors (Lipinski definition) is 1. The van der Waals surface area contributed by atoms with Gasteiger partial charge in [-0.1, -0.05) is 38.1 Å². The molecule has 1 aliphatic rings. The summed E-state index contributed by atoms with van der Waals surface area (Å²) in [6.45, 7) is 7.43. The highest BCUT2D eigenvalue weighted by Gasteiger charge is 2.24. The predicted octanol–water partition coefficient (Wildman–Crippen LogP) is 5.01. The second-order valence-electron chi connectivity index (χ2n) is 10.9. The number of nitrogens with one attached hydrogen (secondary N) is 1. The number of piperidine rings is 1. The van der Waals surface area contributed by atoms with Gasteiger partial charge in [-0.05, 0) is 54.2 Å². The van der Waals surface area contributed by atoms with Crippen molar-refractivity contribution >= 4 is 17.1 Å². The second-order valence-corrected chi connectivity index (χ2v) is 10.9. The van der Waals surface area contributed by atoms with E-state index in [9.17, 15) is 14.0 Å². The van der Waals surface area contributed by atoms with Crippen LogP contribution in [0, 0.1) is 5.82 Å². The zero-order valence-corrected chi connectivity index (χ0v) is 23.3. The van der Waals surface area contributed by atoms with E-state index in [4.69, 9.17) is 5.10 Å². The Morgan fingerprint density at radius 2 is 1.85 bits per heavy atom. The van der Waals surface area contributed by atoms with Gasteiger partial charge >= 0.3 is 5.69 Å². The maximum atomic E-state index is 14.9. The van der Waals surface area contributed by atoms with Crippen LogP contribution >= 0.6 is 0 Å². The van der Waals surface area contributed by atoms with Crippen LogP contribution in [0.1, 0.15) is 62.3 Å². The fraction of sp³-hybridized carbons (Fsp3) is 0.323. The Balaban J connectivity index is 1.23. The van der Waals surface area contributed by atoms with Gasteiger partial charge in [0, 0.05) is 32.1 Å². The number of halogens is 1. The lowest BCUT2D eigenvalue weighted by molar-refractivity contribution is -0.129. The maximum absolute atomic E-state index is 14.9. The number of aromatic nitrogens is 6. The van der Waals surface area contributed by atoms with Crippen molar-refractivity contribution < 1.29 is 9.18 Å². The number of carbonyl (C=O) groups excluding carboxylic acids is 1. The highest BCUT2D eigenvalue weighted by Crippen LogP contribution is 2.30. The van der Waals surface area contributed by atoms with Crippen LogP contribution in [0.4, 0.5) is 4.39 Å². The SMILES string of the molecule is CC(=O)N1CCC(c2ccn(-c3ccc(Cn4c(=O)[nH]c5cnc(-c6c(F)cccc6C(C)C)nc54)cc3)n2)CC1. The first-order valence-corrected chi connectivity index (χ1v) is 13.9. The minimum absolute atomic E-state index is 0.0811. The first kappa shape index (κ1) is 26.6. The molecule has 0 saturated carbocycles. The van der Waals surface area contributed by atoms with Crippen molar-refractivity contribution in [2.24, 2.45) is 0 Å². The van der Waals surface area contributed by atoms with Gasteiger partial charge in [0.1, 0.15) is 11.3 Å². The molecule has 1 N–H and O–H groups in total. The van der Waals surface area contributed by atoms with Gasteiger partial charge < -0.3 is 9.88 Å². The van der Waals surface area contributed by atoms with Crippen molar-refractivity contribution in [1.29, 1.82) is 0 Å². The number of carbonyl (C=O) groups is 1. The van der Waals surface area contributed by atoms with E-state index < -0.39 is 0 Å². The van der Waals surface area contributed by atoms with Crippen LogP contribution < -0.4 is 5.69 Å². The molecule has 6 rings (SSSR count). The molecular weight excluding hydrogens is 521 g/mol. The molecule has 1 amide bonds. The van der Waals surface area contributed by atoms with Crippen LogP contribution in [0.5, 0.6) is 0 Å². The van der Waals surface area contributed by atoms with E-state index >= 15 is 0 Å². The summed E-state index contributed by atoms with van der Waals surface area (Å²) in [6, 6.07) is 14.9. The fourth-order valence-corrected chi connectivity index (χ4v) is 5.60. The van der Waals surface area contributed by atoms with Crippen molar-refractivity contribution in [1.82, 2.24) is 34.2 Å². The number of aromatic amines is 1. The minimum Gasteiger partial charge on any atom is -0.343 e. The first-order chi connectivity index (χ1) is 19.8. The van der Waals surface area contributed by atoms with Gasteiger partial charge in [-0.25, -0.2) is 23.8 Å². The summed E-state index contributed by atoms with van der Waals surface area (Å²) in [5.74, 6) is 0.412. The Kier molecular flexibility index (Phi) is 6.98. The molecule has 1 aliphatic heterocycles. The Labute approximate surface area is 236 Å². The average molecular weight is 554 g/mol. The zero-order chi connectivity index (χ0) is 28.7. The highest BCUT2D eigenvalue weighted by atomic mass is 19.1. The molecule has 9 nitrogen and oxygen atoms in total. The summed E-state index contributed by atoms with van der Waals surface area (Å²) >= 11 is 0. The lowest BCUT2D eigenvalue weighted by Gasteiger charge is -2.30. The molecule has 0 bridgehead atoms. The highest BCUT2D eigenvalue weighted by molar-refractivity contribution is 5.74. The minimum atomic E-state index is -0.390. The Morgan fingerprint density at radius 1 is 1.10 bits per heavy atom. The Hall–Kier alpha value is -4.60. The van der Waals surface area contributed by atoms with E-state index in [1.165, 1.54) is 12.3 Å². The van der Waals surface area contributed by atoms with E-state index in [0.717, 1.165) is 48.4 Å². The summed E-state index contributed by atoms with van der Waals surface area (Å²) in [6.07, 6.45) is 5.32. The number of nitrogens with zero attached hydrogens (tertiary/aromatic N) is 6. The van der Waals surface area contributed by atoms with Crippen LogP contribution in [0.25, 0.3) is 28.2 Å². The maximum Gasteiger partial charge on any atom is 0.328 e. The molecule has 5 aromatic rings. The third-order valence-electron chi connectivity index (χ3n) is 7.91. The molecule has 4 heterocycles. The van der Waals surface area contributed by atoms with E-state index in [1.54, 1.807) is 17.6 Å². The van der Waals surface area contributed by atoms with Gasteiger partial charge in [0.2, 0.25) is 5.91 Å². The molecule has 10 heteroatoms. The number of amides is 1.